The predicted molar refractivity (Wildman–Crippen MR) is 78.7 cm³/mol. The van der Waals surface area contributed by atoms with E-state index in [1.54, 1.807) is 0 Å². The highest BCUT2D eigenvalue weighted by Gasteiger charge is 2.51. The second-order valence-corrected chi connectivity index (χ2v) is 8.09. The molecule has 0 radical (unpaired) electrons. The zero-order valence-electron chi connectivity index (χ0n) is 13.2. The topological polar surface area (TPSA) is 46.3 Å². The smallest absolute Gasteiger partial charge is 0.240 e. The molecule has 0 aromatic rings. The molecular weight excluding hydrogens is 236 g/mol. The summed E-state index contributed by atoms with van der Waals surface area (Å²) in [6.45, 7) is 12.1. The van der Waals surface area contributed by atoms with Crippen LogP contribution in [0.3, 0.4) is 0 Å². The van der Waals surface area contributed by atoms with Gasteiger partial charge in [0.2, 0.25) is 5.91 Å². The second kappa shape index (κ2) is 4.76. The van der Waals surface area contributed by atoms with Gasteiger partial charge in [0.25, 0.3) is 0 Å². The third kappa shape index (κ3) is 2.81. The Balaban J connectivity index is 2.13. The van der Waals surface area contributed by atoms with Crippen LogP contribution in [0.1, 0.15) is 60.3 Å². The van der Waals surface area contributed by atoms with Crippen LogP contribution < -0.4 is 5.73 Å². The molecule has 110 valence electrons. The Morgan fingerprint density at radius 1 is 1.37 bits per heavy atom. The summed E-state index contributed by atoms with van der Waals surface area (Å²) in [4.78, 5) is 14.7. The van der Waals surface area contributed by atoms with Gasteiger partial charge in [0, 0.05) is 12.6 Å². The lowest BCUT2D eigenvalue weighted by Gasteiger charge is -2.39. The molecule has 0 aromatic carbocycles. The maximum absolute atomic E-state index is 12.6. The van der Waals surface area contributed by atoms with Crippen LogP contribution >= 0.6 is 0 Å². The molecule has 3 nitrogen and oxygen atoms in total. The fourth-order valence-corrected chi connectivity index (χ4v) is 4.41. The molecule has 2 unspecified atom stereocenters. The number of fused-ring (bicyclic) bond motifs is 2. The zero-order chi connectivity index (χ0) is 14.4. The van der Waals surface area contributed by atoms with Crippen molar-refractivity contribution in [1.82, 2.24) is 4.90 Å². The first kappa shape index (κ1) is 14.8. The number of nitrogens with two attached hydrogens (primary N) is 1. The molecule has 1 saturated heterocycles. The summed E-state index contributed by atoms with van der Waals surface area (Å²) in [5.74, 6) is 0.453. The Morgan fingerprint density at radius 3 is 2.58 bits per heavy atom. The quantitative estimate of drug-likeness (QED) is 0.854. The lowest BCUT2D eigenvalue weighted by Crippen LogP contribution is -2.49. The van der Waals surface area contributed by atoms with Gasteiger partial charge in [0.05, 0.1) is 6.04 Å². The van der Waals surface area contributed by atoms with E-state index in [1.807, 2.05) is 0 Å². The molecular formula is C16H30N2O. The van der Waals surface area contributed by atoms with Crippen molar-refractivity contribution in [3.63, 3.8) is 0 Å². The van der Waals surface area contributed by atoms with Gasteiger partial charge in [-0.2, -0.15) is 0 Å². The predicted octanol–water partition coefficient (Wildman–Crippen LogP) is 2.79. The molecule has 2 bridgehead atoms. The lowest BCUT2D eigenvalue weighted by molar-refractivity contribution is -0.134. The number of hydrogen-bond donors (Lipinski definition) is 1. The van der Waals surface area contributed by atoms with E-state index in [0.29, 0.717) is 16.9 Å². The normalized spacial score (nSPS) is 36.1. The van der Waals surface area contributed by atoms with Gasteiger partial charge in [-0.25, -0.2) is 0 Å². The Morgan fingerprint density at radius 2 is 2.00 bits per heavy atom. The third-order valence-corrected chi connectivity index (χ3v) is 5.24. The van der Waals surface area contributed by atoms with Crippen LogP contribution in [0.25, 0.3) is 0 Å². The summed E-state index contributed by atoms with van der Waals surface area (Å²) >= 11 is 0. The van der Waals surface area contributed by atoms with Gasteiger partial charge in [-0.3, -0.25) is 4.79 Å². The zero-order valence-corrected chi connectivity index (χ0v) is 13.2. The molecule has 3 heteroatoms. The average molecular weight is 266 g/mol. The van der Waals surface area contributed by atoms with E-state index in [1.165, 1.54) is 6.42 Å². The van der Waals surface area contributed by atoms with Gasteiger partial charge in [-0.15, -0.1) is 0 Å². The number of nitrogens with zero attached hydrogens (tertiary/aromatic N) is 1. The van der Waals surface area contributed by atoms with Crippen molar-refractivity contribution in [2.45, 2.75) is 72.4 Å². The SMILES string of the molecule is CC[C@H](C)[C@H](N)C(=O)N1CC2(C)CC1CC(C)(C)C2. The van der Waals surface area contributed by atoms with Crippen molar-refractivity contribution in [1.29, 1.82) is 0 Å². The van der Waals surface area contributed by atoms with E-state index in [9.17, 15) is 4.79 Å². The van der Waals surface area contributed by atoms with E-state index in [2.05, 4.69) is 39.5 Å². The number of hydrogen-bond acceptors (Lipinski definition) is 2. The molecule has 1 heterocycles. The Bertz CT molecular complexity index is 366. The third-order valence-electron chi connectivity index (χ3n) is 5.24. The van der Waals surface area contributed by atoms with Crippen molar-refractivity contribution in [3.8, 4) is 0 Å². The highest BCUT2D eigenvalue weighted by molar-refractivity contribution is 5.82. The molecule has 1 aliphatic carbocycles. The Hall–Kier alpha value is -0.570. The van der Waals surface area contributed by atoms with E-state index >= 15 is 0 Å². The molecule has 1 saturated carbocycles. The van der Waals surface area contributed by atoms with E-state index in [-0.39, 0.29) is 17.9 Å². The monoisotopic (exact) mass is 266 g/mol. The molecule has 0 spiro atoms. The highest BCUT2D eigenvalue weighted by Crippen LogP contribution is 2.52. The van der Waals surface area contributed by atoms with Gasteiger partial charge < -0.3 is 10.6 Å². The first-order valence-electron chi connectivity index (χ1n) is 7.73. The van der Waals surface area contributed by atoms with Crippen LogP contribution in [0.5, 0.6) is 0 Å². The molecule has 1 amide bonds. The van der Waals surface area contributed by atoms with Crippen molar-refractivity contribution in [2.75, 3.05) is 6.54 Å². The van der Waals surface area contributed by atoms with Crippen LogP contribution in [0.4, 0.5) is 0 Å². The Kier molecular flexibility index (Phi) is 3.72. The van der Waals surface area contributed by atoms with Crippen molar-refractivity contribution in [3.05, 3.63) is 0 Å². The molecule has 19 heavy (non-hydrogen) atoms. The minimum absolute atomic E-state index is 0.181. The summed E-state index contributed by atoms with van der Waals surface area (Å²) in [5.41, 5.74) is 6.81. The van der Waals surface area contributed by atoms with E-state index in [4.69, 9.17) is 5.73 Å². The van der Waals surface area contributed by atoms with Crippen LogP contribution in [0, 0.1) is 16.7 Å². The summed E-state index contributed by atoms with van der Waals surface area (Å²) in [5, 5.41) is 0. The standard InChI is InChI=1S/C16H30N2O/c1-6-11(2)13(17)14(19)18-10-16(5)8-12(18)7-15(3,4)9-16/h11-13H,6-10,17H2,1-5H3/t11-,12?,13-,16?/m0/s1. The van der Waals surface area contributed by atoms with Gasteiger partial charge in [0.1, 0.15) is 0 Å². The molecule has 0 aromatic heterocycles. The fourth-order valence-electron chi connectivity index (χ4n) is 4.41. The largest absolute Gasteiger partial charge is 0.338 e. The second-order valence-electron chi connectivity index (χ2n) is 8.09. The van der Waals surface area contributed by atoms with Gasteiger partial charge in [-0.1, -0.05) is 41.0 Å². The molecule has 2 N–H and O–H groups in total. The molecule has 1 aliphatic heterocycles. The van der Waals surface area contributed by atoms with Crippen LogP contribution in [0.2, 0.25) is 0 Å². The number of likely N-dealkylation sites (tertiary alicyclic amines) is 1. The summed E-state index contributed by atoms with van der Waals surface area (Å²) in [6.07, 6.45) is 4.48. The lowest BCUT2D eigenvalue weighted by atomic mass is 9.65. The Labute approximate surface area is 117 Å². The number of amides is 1. The van der Waals surface area contributed by atoms with Gasteiger partial charge in [0.15, 0.2) is 0 Å². The van der Waals surface area contributed by atoms with Crippen LogP contribution in [-0.4, -0.2) is 29.4 Å². The van der Waals surface area contributed by atoms with Crippen LogP contribution in [0.15, 0.2) is 0 Å². The average Bonchev–Trinajstić information content (AvgIpc) is 2.55. The van der Waals surface area contributed by atoms with Crippen LogP contribution in [-0.2, 0) is 4.79 Å². The summed E-state index contributed by atoms with van der Waals surface area (Å²) < 4.78 is 0. The van der Waals surface area contributed by atoms with Crippen molar-refractivity contribution < 1.29 is 4.79 Å². The van der Waals surface area contributed by atoms with E-state index in [0.717, 1.165) is 25.8 Å². The van der Waals surface area contributed by atoms with Gasteiger partial charge >= 0.3 is 0 Å². The maximum Gasteiger partial charge on any atom is 0.240 e. The number of carbonyl (C=O) groups is 1. The first-order chi connectivity index (χ1) is 8.67. The van der Waals surface area contributed by atoms with Gasteiger partial charge in [-0.05, 0) is 36.0 Å². The first-order valence-corrected chi connectivity index (χ1v) is 7.73. The highest BCUT2D eigenvalue weighted by atomic mass is 16.2. The number of carbonyl (C=O) groups excluding carboxylic acids is 1. The van der Waals surface area contributed by atoms with Crippen molar-refractivity contribution in [2.24, 2.45) is 22.5 Å². The van der Waals surface area contributed by atoms with Crippen molar-refractivity contribution >= 4 is 5.91 Å². The summed E-state index contributed by atoms with van der Waals surface area (Å²) in [6, 6.07) is 0.0902. The minimum atomic E-state index is -0.323. The van der Waals surface area contributed by atoms with E-state index < -0.39 is 0 Å². The number of rotatable bonds is 3. The maximum atomic E-state index is 12.6. The molecule has 4 atom stereocenters. The minimum Gasteiger partial charge on any atom is -0.338 e. The summed E-state index contributed by atoms with van der Waals surface area (Å²) in [7, 11) is 0. The fraction of sp³-hybridized carbons (Fsp3) is 0.938. The molecule has 2 fully saturated rings. The molecule has 2 aliphatic rings. The molecule has 2 rings (SSSR count).